The second-order valence-corrected chi connectivity index (χ2v) is 6.06. The van der Waals surface area contributed by atoms with Gasteiger partial charge in [-0.05, 0) is 26.0 Å². The zero-order valence-corrected chi connectivity index (χ0v) is 14.8. The van der Waals surface area contributed by atoms with Crippen LogP contribution in [0.3, 0.4) is 0 Å². The lowest BCUT2D eigenvalue weighted by atomic mass is 10.2. The Kier molecular flexibility index (Phi) is 6.51. The molecule has 6 nitrogen and oxygen atoms in total. The molecule has 6 heteroatoms. The van der Waals surface area contributed by atoms with E-state index in [0.717, 1.165) is 23.6 Å². The van der Waals surface area contributed by atoms with Crippen molar-refractivity contribution in [3.8, 4) is 0 Å². The van der Waals surface area contributed by atoms with Gasteiger partial charge in [0.15, 0.2) is 0 Å². The number of nitro groups is 1. The lowest BCUT2D eigenvalue weighted by Crippen LogP contribution is -2.33. The van der Waals surface area contributed by atoms with E-state index in [0.29, 0.717) is 6.54 Å². The van der Waals surface area contributed by atoms with Gasteiger partial charge < -0.3 is 10.2 Å². The van der Waals surface area contributed by atoms with Gasteiger partial charge in [-0.1, -0.05) is 30.3 Å². The highest BCUT2D eigenvalue weighted by molar-refractivity contribution is 5.98. The number of anilines is 1. The van der Waals surface area contributed by atoms with Gasteiger partial charge in [-0.25, -0.2) is 0 Å². The summed E-state index contributed by atoms with van der Waals surface area (Å²) < 4.78 is 0. The fourth-order valence-electron chi connectivity index (χ4n) is 2.40. The van der Waals surface area contributed by atoms with Crippen molar-refractivity contribution in [1.29, 1.82) is 0 Å². The molecule has 0 unspecified atom stereocenters. The molecule has 2 aromatic carbocycles. The summed E-state index contributed by atoms with van der Waals surface area (Å²) in [5.74, 6) is 0.959. The number of nitrogens with one attached hydrogen (secondary N) is 1. The van der Waals surface area contributed by atoms with Gasteiger partial charge in [0.25, 0.3) is 5.69 Å². The van der Waals surface area contributed by atoms with Crippen molar-refractivity contribution in [2.75, 3.05) is 25.5 Å². The highest BCUT2D eigenvalue weighted by Crippen LogP contribution is 2.15. The summed E-state index contributed by atoms with van der Waals surface area (Å²) in [7, 11) is 2.02. The first-order valence-electron chi connectivity index (χ1n) is 8.30. The van der Waals surface area contributed by atoms with Gasteiger partial charge in [-0.3, -0.25) is 15.1 Å². The summed E-state index contributed by atoms with van der Waals surface area (Å²) in [6, 6.07) is 16.8. The summed E-state index contributed by atoms with van der Waals surface area (Å²) in [5, 5.41) is 14.0. The Hall–Kier alpha value is -2.89. The molecule has 2 rings (SSSR count). The van der Waals surface area contributed by atoms with Gasteiger partial charge >= 0.3 is 0 Å². The van der Waals surface area contributed by atoms with E-state index in [-0.39, 0.29) is 11.7 Å². The van der Waals surface area contributed by atoms with E-state index in [1.165, 1.54) is 12.1 Å². The lowest BCUT2D eigenvalue weighted by Gasteiger charge is -2.23. The average molecular weight is 340 g/mol. The molecule has 0 bridgehead atoms. The standard InChI is InChI=1S/C19H24N4O2/c1-15(2)21-19(16-7-5-4-6-8-16)22(3)14-13-20-17-9-11-18(12-10-17)23(24)25/h4-12,15,20H,13-14H2,1-3H3. The number of amidine groups is 1. The number of nitrogens with zero attached hydrogens (tertiary/aromatic N) is 3. The second kappa shape index (κ2) is 8.82. The largest absolute Gasteiger partial charge is 0.383 e. The van der Waals surface area contributed by atoms with Crippen LogP contribution in [0.4, 0.5) is 11.4 Å². The predicted molar refractivity (Wildman–Crippen MR) is 102 cm³/mol. The second-order valence-electron chi connectivity index (χ2n) is 6.06. The Morgan fingerprint density at radius 3 is 2.36 bits per heavy atom. The Morgan fingerprint density at radius 1 is 1.16 bits per heavy atom. The molecule has 0 aliphatic carbocycles. The van der Waals surface area contributed by atoms with Crippen molar-refractivity contribution in [2.24, 2.45) is 4.99 Å². The minimum absolute atomic E-state index is 0.0955. The maximum atomic E-state index is 10.7. The van der Waals surface area contributed by atoms with Gasteiger partial charge in [0.05, 0.1) is 4.92 Å². The molecular weight excluding hydrogens is 316 g/mol. The molecule has 2 aromatic rings. The number of benzene rings is 2. The minimum atomic E-state index is -0.397. The molecule has 0 amide bonds. The molecule has 0 radical (unpaired) electrons. The number of likely N-dealkylation sites (N-methyl/N-ethyl adjacent to an activating group) is 1. The third-order valence-corrected chi connectivity index (χ3v) is 3.63. The molecule has 0 heterocycles. The monoisotopic (exact) mass is 340 g/mol. The molecule has 0 aliphatic heterocycles. The van der Waals surface area contributed by atoms with E-state index >= 15 is 0 Å². The zero-order valence-electron chi connectivity index (χ0n) is 14.8. The molecule has 25 heavy (non-hydrogen) atoms. The molecule has 0 saturated carbocycles. The van der Waals surface area contributed by atoms with Crippen molar-refractivity contribution < 1.29 is 4.92 Å². The minimum Gasteiger partial charge on any atom is -0.383 e. The summed E-state index contributed by atoms with van der Waals surface area (Å²) in [4.78, 5) is 17.1. The van der Waals surface area contributed by atoms with E-state index in [1.807, 2.05) is 25.2 Å². The summed E-state index contributed by atoms with van der Waals surface area (Å²) >= 11 is 0. The summed E-state index contributed by atoms with van der Waals surface area (Å²) in [6.45, 7) is 5.59. The zero-order chi connectivity index (χ0) is 18.2. The van der Waals surface area contributed by atoms with Crippen LogP contribution in [0.1, 0.15) is 19.4 Å². The van der Waals surface area contributed by atoms with Gasteiger partial charge in [0.2, 0.25) is 0 Å². The molecule has 0 atom stereocenters. The predicted octanol–water partition coefficient (Wildman–Crippen LogP) is 3.79. The molecule has 0 spiro atoms. The molecular formula is C19H24N4O2. The van der Waals surface area contributed by atoms with Crippen molar-refractivity contribution in [2.45, 2.75) is 19.9 Å². The van der Waals surface area contributed by atoms with Crippen molar-refractivity contribution >= 4 is 17.2 Å². The molecule has 132 valence electrons. The van der Waals surface area contributed by atoms with Crippen LogP contribution >= 0.6 is 0 Å². The van der Waals surface area contributed by atoms with Crippen molar-refractivity contribution in [1.82, 2.24) is 4.90 Å². The number of hydrogen-bond donors (Lipinski definition) is 1. The Bertz CT molecular complexity index is 712. The first-order valence-corrected chi connectivity index (χ1v) is 8.30. The number of non-ortho nitro benzene ring substituents is 1. The molecule has 0 aliphatic rings. The van der Waals surface area contributed by atoms with Gasteiger partial charge in [-0.15, -0.1) is 0 Å². The fraction of sp³-hybridized carbons (Fsp3) is 0.316. The highest BCUT2D eigenvalue weighted by Gasteiger charge is 2.10. The first-order chi connectivity index (χ1) is 12.0. The maximum Gasteiger partial charge on any atom is 0.269 e. The number of nitro benzene ring substituents is 1. The topological polar surface area (TPSA) is 70.8 Å². The van der Waals surface area contributed by atoms with Crippen LogP contribution in [-0.2, 0) is 0 Å². The van der Waals surface area contributed by atoms with E-state index in [4.69, 9.17) is 4.99 Å². The van der Waals surface area contributed by atoms with Crippen LogP contribution in [0.5, 0.6) is 0 Å². The molecule has 0 aromatic heterocycles. The lowest BCUT2D eigenvalue weighted by molar-refractivity contribution is -0.384. The molecule has 1 N–H and O–H groups in total. The summed E-state index contributed by atoms with van der Waals surface area (Å²) in [6.07, 6.45) is 0. The van der Waals surface area contributed by atoms with E-state index in [2.05, 4.69) is 36.2 Å². The van der Waals surface area contributed by atoms with Crippen LogP contribution in [0.2, 0.25) is 0 Å². The third kappa shape index (κ3) is 5.60. The van der Waals surface area contributed by atoms with E-state index < -0.39 is 4.92 Å². The van der Waals surface area contributed by atoms with Gasteiger partial charge in [0, 0.05) is 49.6 Å². The summed E-state index contributed by atoms with van der Waals surface area (Å²) in [5.41, 5.74) is 2.05. The van der Waals surface area contributed by atoms with Crippen LogP contribution in [0.15, 0.2) is 59.6 Å². The molecule has 0 saturated heterocycles. The van der Waals surface area contributed by atoms with Crippen LogP contribution in [0.25, 0.3) is 0 Å². The van der Waals surface area contributed by atoms with Gasteiger partial charge in [-0.2, -0.15) is 0 Å². The normalized spacial score (nSPS) is 11.4. The Balaban J connectivity index is 1.97. The quantitative estimate of drug-likeness (QED) is 0.360. The smallest absolute Gasteiger partial charge is 0.269 e. The van der Waals surface area contributed by atoms with Crippen molar-refractivity contribution in [3.05, 3.63) is 70.3 Å². The first kappa shape index (κ1) is 18.4. The fourth-order valence-corrected chi connectivity index (χ4v) is 2.40. The number of hydrogen-bond acceptors (Lipinski definition) is 4. The van der Waals surface area contributed by atoms with Crippen molar-refractivity contribution in [3.63, 3.8) is 0 Å². The Morgan fingerprint density at radius 2 is 1.80 bits per heavy atom. The highest BCUT2D eigenvalue weighted by atomic mass is 16.6. The molecule has 0 fully saturated rings. The van der Waals surface area contributed by atoms with Gasteiger partial charge in [0.1, 0.15) is 5.84 Å². The van der Waals surface area contributed by atoms with Crippen LogP contribution < -0.4 is 5.32 Å². The third-order valence-electron chi connectivity index (χ3n) is 3.63. The SMILES string of the molecule is CC(C)N=C(c1ccccc1)N(C)CCNc1ccc([N+](=O)[O-])cc1. The number of aliphatic imine (C=N–C) groups is 1. The van der Waals surface area contributed by atoms with E-state index in [9.17, 15) is 10.1 Å². The van der Waals surface area contributed by atoms with E-state index in [1.54, 1.807) is 12.1 Å². The van der Waals surface area contributed by atoms with Crippen LogP contribution in [0, 0.1) is 10.1 Å². The van der Waals surface area contributed by atoms with Crippen LogP contribution in [-0.4, -0.2) is 41.8 Å². The number of rotatable bonds is 7. The maximum absolute atomic E-state index is 10.7. The Labute approximate surface area is 148 Å². The average Bonchev–Trinajstić information content (AvgIpc) is 2.60.